The number of halogens is 2. The normalized spacial score (nSPS) is 10.9. The van der Waals surface area contributed by atoms with Gasteiger partial charge in [0.15, 0.2) is 0 Å². The van der Waals surface area contributed by atoms with E-state index >= 15 is 0 Å². The van der Waals surface area contributed by atoms with Crippen molar-refractivity contribution in [1.29, 1.82) is 0 Å². The van der Waals surface area contributed by atoms with Gasteiger partial charge in [-0.1, -0.05) is 39.7 Å². The first-order chi connectivity index (χ1) is 8.38. The third kappa shape index (κ3) is 7.29. The number of esters is 1. The second-order valence-electron chi connectivity index (χ2n) is 3.28. The van der Waals surface area contributed by atoms with E-state index < -0.39 is 4.83 Å². The second kappa shape index (κ2) is 8.94. The molecule has 1 unspecified atom stereocenters. The van der Waals surface area contributed by atoms with Crippen LogP contribution in [-0.4, -0.2) is 18.5 Å². The van der Waals surface area contributed by atoms with E-state index in [1.54, 1.807) is 31.2 Å². The molecule has 1 aromatic carbocycles. The Bertz CT molecular complexity index is 391. The zero-order chi connectivity index (χ0) is 14.1. The minimum absolute atomic E-state index is 0.283. The molecule has 6 heteroatoms. The summed E-state index contributed by atoms with van der Waals surface area (Å²) in [6.07, 6.45) is 0. The molecule has 0 radical (unpaired) electrons. The highest BCUT2D eigenvalue weighted by atomic mass is 79.9. The number of carbonyl (C=O) groups excluding carboxylic acids is 2. The van der Waals surface area contributed by atoms with Gasteiger partial charge >= 0.3 is 5.97 Å². The van der Waals surface area contributed by atoms with E-state index in [2.05, 4.69) is 21.7 Å². The van der Waals surface area contributed by atoms with E-state index in [1.807, 2.05) is 0 Å². The molecule has 1 atom stereocenters. The van der Waals surface area contributed by atoms with Gasteiger partial charge in [0.25, 0.3) is 0 Å². The number of nitrogens with two attached hydrogens (primary N) is 1. The zero-order valence-corrected chi connectivity index (χ0v) is 12.5. The monoisotopic (exact) mass is 335 g/mol. The Morgan fingerprint density at radius 1 is 1.39 bits per heavy atom. The van der Waals surface area contributed by atoms with Gasteiger partial charge < -0.3 is 10.5 Å². The Hall–Kier alpha value is -1.07. The average Bonchev–Trinajstić information content (AvgIpc) is 2.28. The van der Waals surface area contributed by atoms with Crippen molar-refractivity contribution in [3.63, 3.8) is 0 Å². The maximum Gasteiger partial charge on any atom is 0.324 e. The fourth-order valence-electron chi connectivity index (χ4n) is 0.983. The Labute approximate surface area is 120 Å². The average molecular weight is 337 g/mol. The number of carbonyl (C=O) groups is 2. The van der Waals surface area contributed by atoms with E-state index in [-0.39, 0.29) is 11.9 Å². The highest BCUT2D eigenvalue weighted by molar-refractivity contribution is 9.09. The summed E-state index contributed by atoms with van der Waals surface area (Å²) in [5, 5.41) is 0.650. The first kappa shape index (κ1) is 16.9. The molecule has 100 valence electrons. The van der Waals surface area contributed by atoms with Gasteiger partial charge in [-0.25, -0.2) is 0 Å². The van der Waals surface area contributed by atoms with Crippen LogP contribution in [0.5, 0.6) is 0 Å². The van der Waals surface area contributed by atoms with Crippen LogP contribution in [0.15, 0.2) is 24.3 Å². The summed E-state index contributed by atoms with van der Waals surface area (Å²) in [6.45, 7) is 3.47. The number of hydrogen-bond acceptors (Lipinski definition) is 3. The minimum Gasteiger partial charge on any atom is -0.465 e. The van der Waals surface area contributed by atoms with E-state index in [4.69, 9.17) is 16.3 Å². The molecule has 4 nitrogen and oxygen atoms in total. The molecule has 2 N–H and O–H groups in total. The van der Waals surface area contributed by atoms with Crippen LogP contribution in [0, 0.1) is 0 Å². The van der Waals surface area contributed by atoms with Gasteiger partial charge in [0.1, 0.15) is 4.83 Å². The van der Waals surface area contributed by atoms with E-state index in [1.165, 1.54) is 6.92 Å². The standard InChI is InChI=1S/C10H10BrClO2.C2H5NO/c1-2-14-10(13)9(11)7-3-5-8(12)6-4-7;1-2(3)4/h3-6,9H,2H2,1H3;1H3,(H2,3,4). The van der Waals surface area contributed by atoms with Crippen LogP contribution in [0.4, 0.5) is 0 Å². The molecule has 0 saturated carbocycles. The van der Waals surface area contributed by atoms with Crippen LogP contribution in [-0.2, 0) is 14.3 Å². The minimum atomic E-state index is -0.417. The van der Waals surface area contributed by atoms with Crippen molar-refractivity contribution >= 4 is 39.4 Å². The summed E-state index contributed by atoms with van der Waals surface area (Å²) in [5.74, 6) is -0.616. The number of amides is 1. The Morgan fingerprint density at radius 2 is 1.83 bits per heavy atom. The lowest BCUT2D eigenvalue weighted by molar-refractivity contribution is -0.142. The van der Waals surface area contributed by atoms with Gasteiger partial charge in [-0.2, -0.15) is 0 Å². The molecule has 1 rings (SSSR count). The van der Waals surface area contributed by atoms with Crippen molar-refractivity contribution in [2.24, 2.45) is 5.73 Å². The Balaban J connectivity index is 0.000000631. The Kier molecular flexibility index (Phi) is 8.41. The quantitative estimate of drug-likeness (QED) is 0.681. The lowest BCUT2D eigenvalue weighted by Gasteiger charge is -2.08. The fourth-order valence-corrected chi connectivity index (χ4v) is 1.55. The van der Waals surface area contributed by atoms with Crippen molar-refractivity contribution in [1.82, 2.24) is 0 Å². The topological polar surface area (TPSA) is 69.4 Å². The molecule has 0 saturated heterocycles. The van der Waals surface area contributed by atoms with Gasteiger partial charge in [0, 0.05) is 11.9 Å². The van der Waals surface area contributed by atoms with E-state index in [9.17, 15) is 9.59 Å². The maximum absolute atomic E-state index is 11.3. The first-order valence-corrected chi connectivity index (χ1v) is 6.50. The third-order valence-electron chi connectivity index (χ3n) is 1.66. The molecule has 0 aromatic heterocycles. The van der Waals surface area contributed by atoms with Crippen LogP contribution < -0.4 is 5.73 Å². The summed E-state index contributed by atoms with van der Waals surface area (Å²) < 4.78 is 4.87. The molecule has 0 aliphatic carbocycles. The number of hydrogen-bond donors (Lipinski definition) is 1. The van der Waals surface area contributed by atoms with Gasteiger partial charge in [0.05, 0.1) is 6.61 Å². The molecule has 1 aromatic rings. The van der Waals surface area contributed by atoms with Crippen LogP contribution >= 0.6 is 27.5 Å². The largest absolute Gasteiger partial charge is 0.465 e. The molecule has 0 heterocycles. The first-order valence-electron chi connectivity index (χ1n) is 5.20. The number of alkyl halides is 1. The van der Waals surface area contributed by atoms with Crippen LogP contribution in [0.25, 0.3) is 0 Å². The lowest BCUT2D eigenvalue weighted by atomic mass is 10.1. The molecule has 0 aliphatic rings. The second-order valence-corrected chi connectivity index (χ2v) is 4.63. The summed E-state index contributed by atoms with van der Waals surface area (Å²) in [5.41, 5.74) is 5.31. The maximum atomic E-state index is 11.3. The molecule has 0 spiro atoms. The molecule has 0 aliphatic heterocycles. The Morgan fingerprint density at radius 3 is 2.22 bits per heavy atom. The number of rotatable bonds is 3. The summed E-state index contributed by atoms with van der Waals surface area (Å²) >= 11 is 8.98. The smallest absolute Gasteiger partial charge is 0.324 e. The van der Waals surface area contributed by atoms with Crippen molar-refractivity contribution in [2.45, 2.75) is 18.7 Å². The predicted octanol–water partition coefficient (Wildman–Crippen LogP) is 2.83. The highest BCUT2D eigenvalue weighted by Gasteiger charge is 2.17. The lowest BCUT2D eigenvalue weighted by Crippen LogP contribution is -2.10. The van der Waals surface area contributed by atoms with E-state index in [0.29, 0.717) is 11.6 Å². The zero-order valence-electron chi connectivity index (χ0n) is 10.2. The summed E-state index contributed by atoms with van der Waals surface area (Å²) in [7, 11) is 0. The summed E-state index contributed by atoms with van der Waals surface area (Å²) in [4.78, 5) is 20.1. The molecular formula is C12H15BrClNO3. The summed E-state index contributed by atoms with van der Waals surface area (Å²) in [6, 6.07) is 7.06. The molecule has 18 heavy (non-hydrogen) atoms. The van der Waals surface area contributed by atoms with Crippen LogP contribution in [0.2, 0.25) is 5.02 Å². The van der Waals surface area contributed by atoms with Gasteiger partial charge in [0.2, 0.25) is 5.91 Å². The van der Waals surface area contributed by atoms with Crippen molar-refractivity contribution in [3.8, 4) is 0 Å². The molecule has 0 fully saturated rings. The van der Waals surface area contributed by atoms with Crippen molar-refractivity contribution in [3.05, 3.63) is 34.9 Å². The SMILES string of the molecule is CC(N)=O.CCOC(=O)C(Br)c1ccc(Cl)cc1. The fraction of sp³-hybridized carbons (Fsp3) is 0.333. The predicted molar refractivity (Wildman–Crippen MR) is 74.6 cm³/mol. The molecule has 1 amide bonds. The number of primary amides is 1. The van der Waals surface area contributed by atoms with E-state index in [0.717, 1.165) is 5.56 Å². The molecular weight excluding hydrogens is 321 g/mol. The van der Waals surface area contributed by atoms with Crippen LogP contribution in [0.1, 0.15) is 24.2 Å². The number of benzene rings is 1. The highest BCUT2D eigenvalue weighted by Crippen LogP contribution is 2.25. The van der Waals surface area contributed by atoms with Crippen LogP contribution in [0.3, 0.4) is 0 Å². The molecule has 0 bridgehead atoms. The number of ether oxygens (including phenoxy) is 1. The van der Waals surface area contributed by atoms with Crippen molar-refractivity contribution in [2.75, 3.05) is 6.61 Å². The van der Waals surface area contributed by atoms with Gasteiger partial charge in [-0.3, -0.25) is 9.59 Å². The van der Waals surface area contributed by atoms with Crippen molar-refractivity contribution < 1.29 is 14.3 Å². The van der Waals surface area contributed by atoms with Gasteiger partial charge in [-0.05, 0) is 24.6 Å². The third-order valence-corrected chi connectivity index (χ3v) is 2.81. The van der Waals surface area contributed by atoms with Gasteiger partial charge in [-0.15, -0.1) is 0 Å².